The molecule has 0 spiro atoms. The summed E-state index contributed by atoms with van der Waals surface area (Å²) in [4.78, 5) is 10.9. The minimum Gasteiger partial charge on any atom is -0.374 e. The Morgan fingerprint density at radius 3 is 2.67 bits per heavy atom. The number of hydrogen-bond donors (Lipinski definition) is 1. The lowest BCUT2D eigenvalue weighted by molar-refractivity contribution is -0.384. The van der Waals surface area contributed by atoms with Crippen molar-refractivity contribution in [1.29, 1.82) is 0 Å². The molecule has 2 fully saturated rings. The number of para-hydroxylation sites is 1. The molecule has 4 nitrogen and oxygen atoms in total. The molecule has 0 radical (unpaired) electrons. The maximum absolute atomic E-state index is 11.3. The van der Waals surface area contributed by atoms with Crippen molar-refractivity contribution in [2.24, 2.45) is 16.7 Å². The van der Waals surface area contributed by atoms with E-state index in [1.165, 1.54) is 25.3 Å². The summed E-state index contributed by atoms with van der Waals surface area (Å²) in [6, 6.07) is 5.05. The quantitative estimate of drug-likeness (QED) is 0.640. The molecular formula is C16H21ClN2O2. The van der Waals surface area contributed by atoms with E-state index in [0.717, 1.165) is 0 Å². The zero-order chi connectivity index (χ0) is 15.4. The van der Waals surface area contributed by atoms with Crippen LogP contribution in [0.2, 0.25) is 5.02 Å². The number of nitro groups is 1. The van der Waals surface area contributed by atoms with Gasteiger partial charge in [-0.2, -0.15) is 0 Å². The van der Waals surface area contributed by atoms with Crippen LogP contribution in [0.15, 0.2) is 18.2 Å². The molecule has 0 amide bonds. The van der Waals surface area contributed by atoms with E-state index in [4.69, 9.17) is 11.6 Å². The van der Waals surface area contributed by atoms with Gasteiger partial charge in [0.25, 0.3) is 5.69 Å². The number of benzene rings is 1. The highest BCUT2D eigenvalue weighted by molar-refractivity contribution is 6.33. The third-order valence-electron chi connectivity index (χ3n) is 5.75. The number of anilines is 1. The van der Waals surface area contributed by atoms with Crippen LogP contribution in [0, 0.1) is 26.9 Å². The molecule has 0 saturated heterocycles. The molecule has 0 aromatic heterocycles. The fourth-order valence-corrected chi connectivity index (χ4v) is 4.84. The van der Waals surface area contributed by atoms with Crippen LogP contribution in [-0.2, 0) is 0 Å². The largest absolute Gasteiger partial charge is 0.374 e. The summed E-state index contributed by atoms with van der Waals surface area (Å²) in [7, 11) is 0. The van der Waals surface area contributed by atoms with Crippen LogP contribution in [0.5, 0.6) is 0 Å². The number of hydrogen-bond acceptors (Lipinski definition) is 3. The number of fused-ring (bicyclic) bond motifs is 2. The van der Waals surface area contributed by atoms with Crippen molar-refractivity contribution in [2.75, 3.05) is 5.32 Å². The molecule has 3 unspecified atom stereocenters. The van der Waals surface area contributed by atoms with E-state index in [1.807, 2.05) is 0 Å². The third-order valence-corrected chi connectivity index (χ3v) is 6.06. The van der Waals surface area contributed by atoms with Gasteiger partial charge in [0.2, 0.25) is 0 Å². The molecule has 0 aliphatic heterocycles. The van der Waals surface area contributed by atoms with E-state index in [2.05, 4.69) is 26.1 Å². The molecule has 5 heteroatoms. The Bertz CT molecular complexity index is 597. The van der Waals surface area contributed by atoms with Crippen LogP contribution in [0.3, 0.4) is 0 Å². The van der Waals surface area contributed by atoms with Crippen LogP contribution in [-0.4, -0.2) is 11.0 Å². The van der Waals surface area contributed by atoms with Crippen molar-refractivity contribution in [3.8, 4) is 0 Å². The molecule has 114 valence electrons. The highest BCUT2D eigenvalue weighted by Gasteiger charge is 2.59. The minimum atomic E-state index is -0.364. The Hall–Kier alpha value is -1.29. The second-order valence-corrected chi connectivity index (χ2v) is 7.79. The monoisotopic (exact) mass is 308 g/mol. The van der Waals surface area contributed by atoms with Gasteiger partial charge in [0.15, 0.2) is 0 Å². The van der Waals surface area contributed by atoms with Gasteiger partial charge < -0.3 is 5.32 Å². The van der Waals surface area contributed by atoms with E-state index in [9.17, 15) is 10.1 Å². The Kier molecular flexibility index (Phi) is 3.21. The van der Waals surface area contributed by atoms with E-state index in [0.29, 0.717) is 16.6 Å². The Morgan fingerprint density at radius 1 is 1.38 bits per heavy atom. The second-order valence-electron chi connectivity index (χ2n) is 7.38. The normalized spacial score (nSPS) is 33.1. The van der Waals surface area contributed by atoms with E-state index < -0.39 is 0 Å². The number of rotatable bonds is 3. The standard InChI is InChI=1S/C16H21ClN2O2/c1-15(2)10-7-8-16(3,9-10)14(15)18-13-11(17)5-4-6-12(13)19(20)21/h4-6,10,14,18H,7-9H2,1-3H3. The molecule has 21 heavy (non-hydrogen) atoms. The molecule has 1 aromatic rings. The first-order valence-corrected chi connectivity index (χ1v) is 7.83. The Labute approximate surface area is 130 Å². The van der Waals surface area contributed by atoms with Crippen molar-refractivity contribution >= 4 is 23.0 Å². The summed E-state index contributed by atoms with van der Waals surface area (Å²) in [6.07, 6.45) is 3.62. The van der Waals surface area contributed by atoms with E-state index >= 15 is 0 Å². The average Bonchev–Trinajstić information content (AvgIpc) is 2.87. The first-order valence-electron chi connectivity index (χ1n) is 7.45. The zero-order valence-corrected chi connectivity index (χ0v) is 13.4. The number of nitrogens with one attached hydrogen (secondary N) is 1. The molecule has 2 aliphatic carbocycles. The molecule has 2 saturated carbocycles. The lowest BCUT2D eigenvalue weighted by atomic mass is 9.68. The van der Waals surface area contributed by atoms with Crippen molar-refractivity contribution in [3.05, 3.63) is 33.3 Å². The molecular weight excluding hydrogens is 288 g/mol. The Morgan fingerprint density at radius 2 is 2.10 bits per heavy atom. The van der Waals surface area contributed by atoms with Crippen LogP contribution in [0.1, 0.15) is 40.0 Å². The maximum atomic E-state index is 11.3. The molecule has 2 bridgehead atoms. The third kappa shape index (κ3) is 2.11. The lowest BCUT2D eigenvalue weighted by Gasteiger charge is -2.43. The number of nitro benzene ring substituents is 1. The van der Waals surface area contributed by atoms with Crippen LogP contribution < -0.4 is 5.32 Å². The van der Waals surface area contributed by atoms with Gasteiger partial charge in [-0.3, -0.25) is 10.1 Å². The van der Waals surface area contributed by atoms with Crippen molar-refractivity contribution < 1.29 is 4.92 Å². The first kappa shape index (κ1) is 14.6. The molecule has 0 heterocycles. The van der Waals surface area contributed by atoms with Crippen molar-refractivity contribution in [1.82, 2.24) is 0 Å². The number of nitrogens with zero attached hydrogens (tertiary/aromatic N) is 1. The highest BCUT2D eigenvalue weighted by Crippen LogP contribution is 2.63. The van der Waals surface area contributed by atoms with Crippen molar-refractivity contribution in [3.63, 3.8) is 0 Å². The highest BCUT2D eigenvalue weighted by atomic mass is 35.5. The topological polar surface area (TPSA) is 55.2 Å². The molecule has 3 atom stereocenters. The minimum absolute atomic E-state index is 0.0599. The molecule has 1 N–H and O–H groups in total. The SMILES string of the molecule is CC12CCC(C1)C(C)(C)C2Nc1c(Cl)cccc1[N+](=O)[O-]. The average molecular weight is 309 g/mol. The summed E-state index contributed by atoms with van der Waals surface area (Å²) in [5.41, 5.74) is 0.849. The van der Waals surface area contributed by atoms with Gasteiger partial charge >= 0.3 is 0 Å². The van der Waals surface area contributed by atoms with E-state index in [1.54, 1.807) is 12.1 Å². The van der Waals surface area contributed by atoms with Gasteiger partial charge in [-0.05, 0) is 42.1 Å². The van der Waals surface area contributed by atoms with Gasteiger partial charge in [0.1, 0.15) is 5.69 Å². The van der Waals surface area contributed by atoms with Gasteiger partial charge in [-0.15, -0.1) is 0 Å². The molecule has 1 aromatic carbocycles. The van der Waals surface area contributed by atoms with Crippen LogP contribution >= 0.6 is 11.6 Å². The predicted octanol–water partition coefficient (Wildman–Crippen LogP) is 4.87. The molecule has 3 rings (SSSR count). The second kappa shape index (κ2) is 4.60. The van der Waals surface area contributed by atoms with Crippen LogP contribution in [0.25, 0.3) is 0 Å². The summed E-state index contributed by atoms with van der Waals surface area (Å²) >= 11 is 6.23. The lowest BCUT2D eigenvalue weighted by Crippen LogP contribution is -2.45. The smallest absolute Gasteiger partial charge is 0.293 e. The fraction of sp³-hybridized carbons (Fsp3) is 0.625. The van der Waals surface area contributed by atoms with Gasteiger partial charge in [-0.25, -0.2) is 0 Å². The predicted molar refractivity (Wildman–Crippen MR) is 84.7 cm³/mol. The van der Waals surface area contributed by atoms with Gasteiger partial charge in [0.05, 0.1) is 9.95 Å². The van der Waals surface area contributed by atoms with Gasteiger partial charge in [0, 0.05) is 12.1 Å². The van der Waals surface area contributed by atoms with E-state index in [-0.39, 0.29) is 27.5 Å². The summed E-state index contributed by atoms with van der Waals surface area (Å²) in [5.74, 6) is 0.682. The maximum Gasteiger partial charge on any atom is 0.293 e. The summed E-state index contributed by atoms with van der Waals surface area (Å²) < 4.78 is 0. The van der Waals surface area contributed by atoms with Crippen LogP contribution in [0.4, 0.5) is 11.4 Å². The van der Waals surface area contributed by atoms with Gasteiger partial charge in [-0.1, -0.05) is 38.4 Å². The first-order chi connectivity index (χ1) is 9.75. The van der Waals surface area contributed by atoms with Crippen molar-refractivity contribution in [2.45, 2.75) is 46.1 Å². The summed E-state index contributed by atoms with van der Waals surface area (Å²) in [5, 5.41) is 15.1. The Balaban J connectivity index is 1.99. The molecule has 2 aliphatic rings. The summed E-state index contributed by atoms with van der Waals surface area (Å²) in [6.45, 7) is 6.83. The zero-order valence-electron chi connectivity index (χ0n) is 12.6. The fourth-order valence-electron chi connectivity index (χ4n) is 4.61. The number of halogens is 1.